The topological polar surface area (TPSA) is 123 Å². The summed E-state index contributed by atoms with van der Waals surface area (Å²) in [5, 5.41) is 23.5. The first-order valence-electron chi connectivity index (χ1n) is 9.83. The van der Waals surface area contributed by atoms with Crippen molar-refractivity contribution < 1.29 is 9.90 Å². The summed E-state index contributed by atoms with van der Waals surface area (Å²) in [6.45, 7) is 0. The van der Waals surface area contributed by atoms with Gasteiger partial charge in [0, 0.05) is 11.1 Å². The van der Waals surface area contributed by atoms with Gasteiger partial charge in [-0.05, 0) is 41.8 Å². The Morgan fingerprint density at radius 2 is 1.59 bits per heavy atom. The molecule has 5 rings (SSSR count). The van der Waals surface area contributed by atoms with Crippen LogP contribution in [0.1, 0.15) is 10.4 Å². The van der Waals surface area contributed by atoms with Crippen LogP contribution in [0.2, 0.25) is 0 Å². The molecule has 0 spiro atoms. The fourth-order valence-corrected chi connectivity index (χ4v) is 3.50. The fourth-order valence-electron chi connectivity index (χ4n) is 3.50. The molecule has 1 amide bonds. The number of H-pyrrole nitrogens is 2. The van der Waals surface area contributed by atoms with Crippen molar-refractivity contribution in [3.63, 3.8) is 0 Å². The molecule has 1 heterocycles. The van der Waals surface area contributed by atoms with Crippen LogP contribution in [0.4, 0.5) is 17.1 Å². The number of fused-ring (bicyclic) bond motifs is 2. The second kappa shape index (κ2) is 7.84. The molecule has 0 aliphatic rings. The Morgan fingerprint density at radius 1 is 0.844 bits per heavy atom. The minimum Gasteiger partial charge on any atom is -0.505 e. The lowest BCUT2D eigenvalue weighted by atomic mass is 10.0. The van der Waals surface area contributed by atoms with Gasteiger partial charge in [0.25, 0.3) is 5.91 Å². The lowest BCUT2D eigenvalue weighted by molar-refractivity contribution is 0.102. The van der Waals surface area contributed by atoms with E-state index in [1.165, 1.54) is 0 Å². The molecule has 0 fully saturated rings. The predicted molar refractivity (Wildman–Crippen MR) is 123 cm³/mol. The number of phenols is 1. The minimum atomic E-state index is -0.512. The molecule has 0 unspecified atom stereocenters. The Bertz CT molecular complexity index is 1550. The standard InChI is InChI=1S/C24H17N5O3/c30-22-18(23(31)25-16-10-11-19-20(13-16)27-24(32)26-19)12-14-6-4-5-9-17(14)21(22)29-28-15-7-2-1-3-8-15/h1-13,30H,(H,25,31)(H2,26,27,32)/b29-28+. The Labute approximate surface area is 181 Å². The van der Waals surface area contributed by atoms with Crippen molar-refractivity contribution in [1.82, 2.24) is 9.97 Å². The van der Waals surface area contributed by atoms with E-state index in [1.54, 1.807) is 36.4 Å². The predicted octanol–water partition coefficient (Wildman–Crippen LogP) is 5.38. The molecule has 156 valence electrons. The van der Waals surface area contributed by atoms with Gasteiger partial charge in [-0.15, -0.1) is 5.11 Å². The molecule has 4 aromatic carbocycles. The van der Waals surface area contributed by atoms with E-state index in [1.807, 2.05) is 42.5 Å². The minimum absolute atomic E-state index is 0.0633. The van der Waals surface area contributed by atoms with Crippen molar-refractivity contribution in [1.29, 1.82) is 0 Å². The van der Waals surface area contributed by atoms with E-state index in [2.05, 4.69) is 25.5 Å². The SMILES string of the molecule is O=C(Nc1ccc2[nH]c(=O)[nH]c2c1)c1cc2ccccc2c(/N=N/c2ccccc2)c1O. The van der Waals surface area contributed by atoms with Gasteiger partial charge in [0.05, 0.1) is 22.3 Å². The van der Waals surface area contributed by atoms with Crippen LogP contribution < -0.4 is 11.0 Å². The van der Waals surface area contributed by atoms with Crippen LogP contribution in [0.25, 0.3) is 21.8 Å². The largest absolute Gasteiger partial charge is 0.505 e. The number of carbonyl (C=O) groups is 1. The molecule has 0 radical (unpaired) electrons. The van der Waals surface area contributed by atoms with E-state index in [0.29, 0.717) is 27.8 Å². The van der Waals surface area contributed by atoms with E-state index >= 15 is 0 Å². The Balaban J connectivity index is 1.55. The second-order valence-electron chi connectivity index (χ2n) is 7.17. The van der Waals surface area contributed by atoms with Gasteiger partial charge in [-0.25, -0.2) is 4.79 Å². The normalized spacial score (nSPS) is 11.4. The summed E-state index contributed by atoms with van der Waals surface area (Å²) in [6.07, 6.45) is 0. The van der Waals surface area contributed by atoms with Crippen molar-refractivity contribution in [2.24, 2.45) is 10.2 Å². The number of nitrogens with one attached hydrogen (secondary N) is 3. The molecule has 5 aromatic rings. The van der Waals surface area contributed by atoms with Crippen molar-refractivity contribution >= 4 is 44.8 Å². The first-order chi connectivity index (χ1) is 15.6. The number of anilines is 1. The average Bonchev–Trinajstić information content (AvgIpc) is 3.18. The van der Waals surface area contributed by atoms with Crippen LogP contribution in [-0.4, -0.2) is 21.0 Å². The molecular weight excluding hydrogens is 406 g/mol. The number of carbonyl (C=O) groups excluding carboxylic acids is 1. The smallest absolute Gasteiger partial charge is 0.323 e. The van der Waals surface area contributed by atoms with Crippen LogP contribution >= 0.6 is 0 Å². The number of aromatic nitrogens is 2. The Kier molecular flexibility index (Phi) is 4.72. The average molecular weight is 423 g/mol. The number of hydrogen-bond acceptors (Lipinski definition) is 5. The molecule has 1 aromatic heterocycles. The first-order valence-corrected chi connectivity index (χ1v) is 9.83. The van der Waals surface area contributed by atoms with Gasteiger partial charge in [-0.1, -0.05) is 42.5 Å². The molecule has 4 N–H and O–H groups in total. The number of imidazole rings is 1. The van der Waals surface area contributed by atoms with Gasteiger partial charge in [0.1, 0.15) is 5.69 Å². The maximum Gasteiger partial charge on any atom is 0.323 e. The van der Waals surface area contributed by atoms with E-state index in [4.69, 9.17) is 0 Å². The summed E-state index contributed by atoms with van der Waals surface area (Å²) in [4.78, 5) is 29.8. The van der Waals surface area contributed by atoms with Gasteiger partial charge in [-0.2, -0.15) is 5.11 Å². The second-order valence-corrected chi connectivity index (χ2v) is 7.17. The van der Waals surface area contributed by atoms with Crippen molar-refractivity contribution in [2.45, 2.75) is 0 Å². The van der Waals surface area contributed by atoms with E-state index < -0.39 is 5.91 Å². The van der Waals surface area contributed by atoms with Gasteiger partial charge >= 0.3 is 5.69 Å². The first kappa shape index (κ1) is 19.3. The number of rotatable bonds is 4. The molecule has 0 saturated heterocycles. The number of hydrogen-bond donors (Lipinski definition) is 4. The molecule has 8 nitrogen and oxygen atoms in total. The molecular formula is C24H17N5O3. The molecule has 32 heavy (non-hydrogen) atoms. The number of aromatic amines is 2. The van der Waals surface area contributed by atoms with Gasteiger partial charge < -0.3 is 20.4 Å². The van der Waals surface area contributed by atoms with Crippen molar-refractivity contribution in [3.8, 4) is 5.75 Å². The van der Waals surface area contributed by atoms with Crippen LogP contribution in [0.15, 0.2) is 93.9 Å². The maximum atomic E-state index is 13.0. The van der Waals surface area contributed by atoms with Gasteiger partial charge in [-0.3, -0.25) is 4.79 Å². The molecule has 0 bridgehead atoms. The lowest BCUT2D eigenvalue weighted by Gasteiger charge is -2.11. The Hall–Kier alpha value is -4.72. The van der Waals surface area contributed by atoms with Crippen LogP contribution in [-0.2, 0) is 0 Å². The lowest BCUT2D eigenvalue weighted by Crippen LogP contribution is -2.12. The van der Waals surface area contributed by atoms with E-state index in [0.717, 1.165) is 5.39 Å². The zero-order valence-electron chi connectivity index (χ0n) is 16.7. The van der Waals surface area contributed by atoms with Crippen LogP contribution in [0.5, 0.6) is 5.75 Å². The Morgan fingerprint density at radius 3 is 2.44 bits per heavy atom. The van der Waals surface area contributed by atoms with E-state index in [-0.39, 0.29) is 22.7 Å². The maximum absolute atomic E-state index is 13.0. The zero-order valence-corrected chi connectivity index (χ0v) is 16.7. The monoisotopic (exact) mass is 423 g/mol. The van der Waals surface area contributed by atoms with Crippen LogP contribution in [0.3, 0.4) is 0 Å². The number of amides is 1. The summed E-state index contributed by atoms with van der Waals surface area (Å²) >= 11 is 0. The molecule has 0 aliphatic carbocycles. The number of azo groups is 1. The van der Waals surface area contributed by atoms with Crippen molar-refractivity contribution in [2.75, 3.05) is 5.32 Å². The van der Waals surface area contributed by atoms with E-state index in [9.17, 15) is 14.7 Å². The summed E-state index contributed by atoms with van der Waals surface area (Å²) < 4.78 is 0. The highest BCUT2D eigenvalue weighted by atomic mass is 16.3. The molecule has 0 atom stereocenters. The molecule has 8 heteroatoms. The summed E-state index contributed by atoms with van der Waals surface area (Å²) in [6, 6.07) is 23.0. The highest BCUT2D eigenvalue weighted by molar-refractivity contribution is 6.12. The third-order valence-electron chi connectivity index (χ3n) is 5.04. The van der Waals surface area contributed by atoms with Gasteiger partial charge in [0.2, 0.25) is 0 Å². The van der Waals surface area contributed by atoms with Crippen molar-refractivity contribution in [3.05, 3.63) is 94.9 Å². The highest BCUT2D eigenvalue weighted by Crippen LogP contribution is 2.39. The summed E-state index contributed by atoms with van der Waals surface area (Å²) in [7, 11) is 0. The molecule has 0 aliphatic heterocycles. The number of benzene rings is 4. The summed E-state index contributed by atoms with van der Waals surface area (Å²) in [5.74, 6) is -0.779. The third kappa shape index (κ3) is 3.61. The zero-order chi connectivity index (χ0) is 22.1. The number of aromatic hydroxyl groups is 1. The number of phenolic OH excluding ortho intramolecular Hbond substituents is 1. The quantitative estimate of drug-likeness (QED) is 0.290. The van der Waals surface area contributed by atoms with Crippen LogP contribution in [0, 0.1) is 0 Å². The third-order valence-corrected chi connectivity index (χ3v) is 5.04. The van der Waals surface area contributed by atoms with Gasteiger partial charge in [0.15, 0.2) is 5.75 Å². The number of nitrogens with zero attached hydrogens (tertiary/aromatic N) is 2. The summed E-state index contributed by atoms with van der Waals surface area (Å²) in [5.41, 5.74) is 2.23. The molecule has 0 saturated carbocycles. The highest BCUT2D eigenvalue weighted by Gasteiger charge is 2.19. The fraction of sp³-hybridized carbons (Fsp3) is 0.